The zero-order valence-electron chi connectivity index (χ0n) is 65.4. The summed E-state index contributed by atoms with van der Waals surface area (Å²) in [4.78, 5) is 73.0. The van der Waals surface area contributed by atoms with Gasteiger partial charge in [0.15, 0.2) is 12.2 Å². The molecule has 0 aromatic carbocycles. The Morgan fingerprint density at radius 1 is 0.277 bits per heavy atom. The van der Waals surface area contributed by atoms with E-state index in [1.165, 1.54) is 238 Å². The van der Waals surface area contributed by atoms with Crippen LogP contribution < -0.4 is 0 Å². The molecule has 0 saturated carbocycles. The number of esters is 4. The SMILES string of the molecule is CCCCCC/C=C\C=C/CCCCCCCC(=O)O[C@H](COC(=O)CCCCCCCCCCCCC)COP(=O)(O)OC[C@H](O)COP(=O)(O)OC[C@@H](COC(=O)CCCCCCCCCCCCCCCCCC)OC(=O)CCCCCCCCCCCCCCCCCCCCC. The lowest BCUT2D eigenvalue weighted by atomic mass is 10.0. The molecule has 3 N–H and O–H groups in total. The van der Waals surface area contributed by atoms with Gasteiger partial charge >= 0.3 is 39.5 Å². The molecule has 0 aliphatic heterocycles. The molecule has 596 valence electrons. The largest absolute Gasteiger partial charge is 0.472 e. The molecule has 2 unspecified atom stereocenters. The Hall–Kier alpha value is -2.46. The van der Waals surface area contributed by atoms with Crippen LogP contribution in [0.4, 0.5) is 0 Å². The van der Waals surface area contributed by atoms with Crippen molar-refractivity contribution >= 4 is 39.5 Å². The van der Waals surface area contributed by atoms with Crippen LogP contribution in [-0.2, 0) is 65.4 Å². The van der Waals surface area contributed by atoms with E-state index in [2.05, 4.69) is 52.0 Å². The van der Waals surface area contributed by atoms with E-state index in [-0.39, 0.29) is 25.7 Å². The van der Waals surface area contributed by atoms with E-state index in [4.69, 9.17) is 37.0 Å². The van der Waals surface area contributed by atoms with Crippen molar-refractivity contribution in [2.75, 3.05) is 39.6 Å². The van der Waals surface area contributed by atoms with E-state index in [9.17, 15) is 43.2 Å². The monoisotopic (exact) mass is 1480 g/mol. The summed E-state index contributed by atoms with van der Waals surface area (Å²) in [5.74, 6) is -2.13. The minimum Gasteiger partial charge on any atom is -0.462 e. The van der Waals surface area contributed by atoms with Crippen molar-refractivity contribution in [3.8, 4) is 0 Å². The van der Waals surface area contributed by atoms with Crippen molar-refractivity contribution in [3.63, 3.8) is 0 Å². The number of carbonyl (C=O) groups excluding carboxylic acids is 4. The van der Waals surface area contributed by atoms with Crippen LogP contribution in [0.1, 0.15) is 419 Å². The summed E-state index contributed by atoms with van der Waals surface area (Å²) >= 11 is 0. The average Bonchev–Trinajstić information content (AvgIpc) is 0.957. The first kappa shape index (κ1) is 98.5. The first-order valence-electron chi connectivity index (χ1n) is 42.1. The Morgan fingerprint density at radius 2 is 0.475 bits per heavy atom. The minimum absolute atomic E-state index is 0.0859. The molecule has 0 heterocycles. The Labute approximate surface area is 618 Å². The molecule has 0 aliphatic rings. The number of hydrogen-bond donors (Lipinski definition) is 3. The van der Waals surface area contributed by atoms with Crippen LogP contribution in [0.3, 0.4) is 0 Å². The number of carbonyl (C=O) groups is 4. The highest BCUT2D eigenvalue weighted by Crippen LogP contribution is 2.45. The summed E-state index contributed by atoms with van der Waals surface area (Å²) in [6, 6.07) is 0. The van der Waals surface area contributed by atoms with Gasteiger partial charge in [0.1, 0.15) is 19.3 Å². The average molecular weight is 1480 g/mol. The highest BCUT2D eigenvalue weighted by atomic mass is 31.2. The molecule has 0 aromatic heterocycles. The molecule has 0 radical (unpaired) electrons. The Balaban J connectivity index is 5.27. The molecular formula is C82H156O17P2. The molecule has 0 fully saturated rings. The van der Waals surface area contributed by atoms with Crippen LogP contribution in [0.2, 0.25) is 0 Å². The van der Waals surface area contributed by atoms with E-state index in [1.807, 2.05) is 0 Å². The van der Waals surface area contributed by atoms with Gasteiger partial charge in [-0.1, -0.05) is 367 Å². The van der Waals surface area contributed by atoms with E-state index in [1.54, 1.807) is 0 Å². The lowest BCUT2D eigenvalue weighted by Gasteiger charge is -2.21. The first-order chi connectivity index (χ1) is 49.2. The number of allylic oxidation sites excluding steroid dienone is 4. The number of rotatable bonds is 81. The van der Waals surface area contributed by atoms with Crippen molar-refractivity contribution in [2.24, 2.45) is 0 Å². The van der Waals surface area contributed by atoms with Gasteiger partial charge in [-0.05, 0) is 51.4 Å². The van der Waals surface area contributed by atoms with Crippen LogP contribution in [0.5, 0.6) is 0 Å². The summed E-state index contributed by atoms with van der Waals surface area (Å²) in [6.07, 6.45) is 71.5. The maximum absolute atomic E-state index is 13.1. The van der Waals surface area contributed by atoms with Gasteiger partial charge in [-0.25, -0.2) is 9.13 Å². The number of hydrogen-bond acceptors (Lipinski definition) is 15. The number of aliphatic hydroxyl groups excluding tert-OH is 1. The second-order valence-electron chi connectivity index (χ2n) is 28.8. The quantitative estimate of drug-likeness (QED) is 0.0169. The summed E-state index contributed by atoms with van der Waals surface area (Å²) in [6.45, 7) is 4.96. The second kappa shape index (κ2) is 75.8. The van der Waals surface area contributed by atoms with Crippen LogP contribution in [0.15, 0.2) is 24.3 Å². The van der Waals surface area contributed by atoms with Gasteiger partial charge in [0.05, 0.1) is 26.4 Å². The van der Waals surface area contributed by atoms with Crippen molar-refractivity contribution in [2.45, 2.75) is 438 Å². The van der Waals surface area contributed by atoms with E-state index >= 15 is 0 Å². The number of unbranched alkanes of at least 4 members (excludes halogenated alkanes) is 52. The van der Waals surface area contributed by atoms with Gasteiger partial charge < -0.3 is 33.8 Å². The zero-order valence-corrected chi connectivity index (χ0v) is 67.2. The molecule has 5 atom stereocenters. The van der Waals surface area contributed by atoms with Crippen molar-refractivity contribution in [1.82, 2.24) is 0 Å². The molecule has 0 amide bonds. The summed E-state index contributed by atoms with van der Waals surface area (Å²) in [5.41, 5.74) is 0. The van der Waals surface area contributed by atoms with E-state index in [0.717, 1.165) is 103 Å². The fourth-order valence-electron chi connectivity index (χ4n) is 12.3. The smallest absolute Gasteiger partial charge is 0.462 e. The van der Waals surface area contributed by atoms with Crippen LogP contribution in [-0.4, -0.2) is 96.7 Å². The summed E-state index contributed by atoms with van der Waals surface area (Å²) in [7, 11) is -9.93. The molecule has 0 aromatic rings. The molecule has 0 bridgehead atoms. The van der Waals surface area contributed by atoms with Gasteiger partial charge in [-0.15, -0.1) is 0 Å². The predicted molar refractivity (Wildman–Crippen MR) is 414 cm³/mol. The third-order valence-electron chi connectivity index (χ3n) is 18.7. The third kappa shape index (κ3) is 75.6. The molecule has 0 aliphatic carbocycles. The van der Waals surface area contributed by atoms with Gasteiger partial charge in [0.25, 0.3) is 0 Å². The minimum atomic E-state index is -4.97. The maximum atomic E-state index is 13.1. The van der Waals surface area contributed by atoms with Crippen LogP contribution in [0.25, 0.3) is 0 Å². The standard InChI is InChI=1S/C82H156O17P2/c1-5-9-13-17-21-25-29-32-35-37-38-39-42-45-49-53-57-61-65-69-82(87)99-78(73-93-80(85)67-63-59-55-51-47-43-41-36-33-30-26-22-18-14-10-6-2)75-97-101(90,91)95-71-76(83)70-94-100(88,89)96-74-77(72-92-79(84)66-62-58-54-50-46-28-24-20-16-12-8-4)98-81(86)68-64-60-56-52-48-44-40-34-31-27-23-19-15-11-7-3/h27,31,34,40,76-78,83H,5-26,28-30,32-33,35-39,41-75H2,1-4H3,(H,88,89)(H,90,91)/b31-27-,40-34-/t76-,77+,78+/m0/s1. The van der Waals surface area contributed by atoms with Crippen molar-refractivity contribution in [3.05, 3.63) is 24.3 Å². The van der Waals surface area contributed by atoms with E-state index in [0.29, 0.717) is 25.7 Å². The fourth-order valence-corrected chi connectivity index (χ4v) is 13.9. The van der Waals surface area contributed by atoms with Gasteiger partial charge in [0, 0.05) is 25.7 Å². The lowest BCUT2D eigenvalue weighted by molar-refractivity contribution is -0.161. The van der Waals surface area contributed by atoms with E-state index < -0.39 is 97.5 Å². The van der Waals surface area contributed by atoms with Crippen molar-refractivity contribution < 1.29 is 80.2 Å². The maximum Gasteiger partial charge on any atom is 0.472 e. The lowest BCUT2D eigenvalue weighted by Crippen LogP contribution is -2.30. The second-order valence-corrected chi connectivity index (χ2v) is 31.7. The van der Waals surface area contributed by atoms with Gasteiger partial charge in [-0.3, -0.25) is 37.3 Å². The van der Waals surface area contributed by atoms with Gasteiger partial charge in [0.2, 0.25) is 0 Å². The highest BCUT2D eigenvalue weighted by Gasteiger charge is 2.30. The molecule has 101 heavy (non-hydrogen) atoms. The summed E-state index contributed by atoms with van der Waals surface area (Å²) in [5, 5.41) is 10.6. The van der Waals surface area contributed by atoms with Gasteiger partial charge in [-0.2, -0.15) is 0 Å². The first-order valence-corrected chi connectivity index (χ1v) is 45.1. The zero-order chi connectivity index (χ0) is 73.9. The molecule has 0 spiro atoms. The van der Waals surface area contributed by atoms with Crippen LogP contribution >= 0.6 is 15.6 Å². The molecule has 0 saturated heterocycles. The Bertz CT molecular complexity index is 2010. The highest BCUT2D eigenvalue weighted by molar-refractivity contribution is 7.47. The van der Waals surface area contributed by atoms with Crippen molar-refractivity contribution in [1.29, 1.82) is 0 Å². The number of aliphatic hydroxyl groups is 1. The summed E-state index contributed by atoms with van der Waals surface area (Å²) < 4.78 is 68.7. The topological polar surface area (TPSA) is 237 Å². The third-order valence-corrected chi connectivity index (χ3v) is 20.6. The number of ether oxygens (including phenoxy) is 4. The van der Waals surface area contributed by atoms with Crippen LogP contribution in [0, 0.1) is 0 Å². The predicted octanol–water partition coefficient (Wildman–Crippen LogP) is 24.5. The molecule has 17 nitrogen and oxygen atoms in total. The number of phosphoric acid groups is 2. The Morgan fingerprint density at radius 3 is 0.723 bits per heavy atom. The normalized spacial score (nSPS) is 13.9. The fraction of sp³-hybridized carbons (Fsp3) is 0.902. The molecule has 0 rings (SSSR count). The molecule has 19 heteroatoms. The molecular weight excluding hydrogens is 1320 g/mol. The number of phosphoric ester groups is 2. The Kier molecular flexibility index (Phi) is 73.9.